The molecule has 0 unspecified atom stereocenters. The number of fused-ring (bicyclic) bond motifs is 1. The van der Waals surface area contributed by atoms with Crippen molar-refractivity contribution in [2.75, 3.05) is 39.4 Å². The number of carbonyl (C=O) groups excluding carboxylic acids is 1. The average Bonchev–Trinajstić information content (AvgIpc) is 3.12. The summed E-state index contributed by atoms with van der Waals surface area (Å²) in [6.07, 6.45) is 4.19. The molecule has 2 fully saturated rings. The molecule has 3 heterocycles. The number of nitrogens with zero attached hydrogens (tertiary/aromatic N) is 4. The van der Waals surface area contributed by atoms with Crippen LogP contribution in [0.3, 0.4) is 0 Å². The fourth-order valence-electron chi connectivity index (χ4n) is 4.04. The molecule has 2 aliphatic heterocycles. The Hall–Kier alpha value is -1.92. The van der Waals surface area contributed by atoms with Crippen LogP contribution < -0.4 is 0 Å². The van der Waals surface area contributed by atoms with Crippen LogP contribution in [0.5, 0.6) is 0 Å². The van der Waals surface area contributed by atoms with Gasteiger partial charge in [-0.15, -0.1) is 0 Å². The Labute approximate surface area is 148 Å². The molecule has 6 heteroatoms. The maximum Gasteiger partial charge on any atom is 0.239 e. The number of piperidine rings is 1. The van der Waals surface area contributed by atoms with E-state index in [4.69, 9.17) is 4.74 Å². The second kappa shape index (κ2) is 7.14. The molecule has 2 aliphatic rings. The normalized spacial score (nSPS) is 23.7. The molecule has 1 amide bonds. The van der Waals surface area contributed by atoms with E-state index in [9.17, 15) is 4.79 Å². The van der Waals surface area contributed by atoms with E-state index in [1.807, 2.05) is 24.2 Å². The highest BCUT2D eigenvalue weighted by molar-refractivity contribution is 5.81. The Kier molecular flexibility index (Phi) is 4.72. The molecule has 2 saturated heterocycles. The van der Waals surface area contributed by atoms with Crippen LogP contribution >= 0.6 is 0 Å². The molecule has 4 rings (SSSR count). The predicted molar refractivity (Wildman–Crippen MR) is 96.4 cm³/mol. The van der Waals surface area contributed by atoms with Crippen molar-refractivity contribution >= 4 is 16.9 Å². The molecule has 0 bridgehead atoms. The first-order valence-corrected chi connectivity index (χ1v) is 9.26. The van der Waals surface area contributed by atoms with Crippen molar-refractivity contribution in [2.24, 2.45) is 0 Å². The number of imidazole rings is 1. The largest absolute Gasteiger partial charge is 0.378 e. The number of amides is 1. The lowest BCUT2D eigenvalue weighted by molar-refractivity contribution is -0.141. The highest BCUT2D eigenvalue weighted by Gasteiger charge is 2.31. The summed E-state index contributed by atoms with van der Waals surface area (Å²) < 4.78 is 7.65. The summed E-state index contributed by atoms with van der Waals surface area (Å²) in [7, 11) is 0. The van der Waals surface area contributed by atoms with Crippen molar-refractivity contribution in [3.05, 3.63) is 30.6 Å². The number of likely N-dealkylation sites (tertiary alicyclic amines) is 1. The molecule has 0 N–H and O–H groups in total. The molecule has 134 valence electrons. The van der Waals surface area contributed by atoms with E-state index in [0.717, 1.165) is 31.4 Å². The highest BCUT2D eigenvalue weighted by Crippen LogP contribution is 2.27. The van der Waals surface area contributed by atoms with Gasteiger partial charge in [-0.3, -0.25) is 9.69 Å². The maximum absolute atomic E-state index is 12.8. The van der Waals surface area contributed by atoms with Crippen LogP contribution in [-0.2, 0) is 9.53 Å². The molecule has 6 nitrogen and oxygen atoms in total. The van der Waals surface area contributed by atoms with Crippen molar-refractivity contribution in [2.45, 2.75) is 31.8 Å². The SMILES string of the molecule is C[C@@H](C(=O)N1CCOCC1)N1CCC[C@H](n2cnc3ccccc32)C1. The summed E-state index contributed by atoms with van der Waals surface area (Å²) in [6, 6.07) is 8.57. The topological polar surface area (TPSA) is 50.6 Å². The van der Waals surface area contributed by atoms with Gasteiger partial charge in [0.2, 0.25) is 5.91 Å². The standard InChI is InChI=1S/C19H26N4O2/c1-15(19(24)21-9-11-25-12-10-21)22-8-4-5-16(13-22)23-14-20-17-6-2-3-7-18(17)23/h2-3,6-7,14-16H,4-5,8-13H2,1H3/t15-,16-/m0/s1. The van der Waals surface area contributed by atoms with E-state index in [1.54, 1.807) is 0 Å². The van der Waals surface area contributed by atoms with Crippen LogP contribution in [0.4, 0.5) is 0 Å². The average molecular weight is 342 g/mol. The van der Waals surface area contributed by atoms with Crippen molar-refractivity contribution in [1.82, 2.24) is 19.4 Å². The fourth-order valence-corrected chi connectivity index (χ4v) is 4.04. The maximum atomic E-state index is 12.8. The molecule has 2 aromatic rings. The monoisotopic (exact) mass is 342 g/mol. The Morgan fingerprint density at radius 2 is 2.04 bits per heavy atom. The Bertz CT molecular complexity index is 738. The zero-order valence-electron chi connectivity index (χ0n) is 14.8. The summed E-state index contributed by atoms with van der Waals surface area (Å²) >= 11 is 0. The number of morpholine rings is 1. The van der Waals surface area contributed by atoms with Crippen molar-refractivity contribution in [3.63, 3.8) is 0 Å². The van der Waals surface area contributed by atoms with E-state index in [0.29, 0.717) is 32.3 Å². The van der Waals surface area contributed by atoms with Gasteiger partial charge >= 0.3 is 0 Å². The Morgan fingerprint density at radius 1 is 1.24 bits per heavy atom. The van der Waals surface area contributed by atoms with E-state index in [1.165, 1.54) is 5.52 Å². The summed E-state index contributed by atoms with van der Waals surface area (Å²) in [5.74, 6) is 0.236. The smallest absolute Gasteiger partial charge is 0.239 e. The van der Waals surface area contributed by atoms with Gasteiger partial charge in [0.15, 0.2) is 0 Å². The molecule has 0 spiro atoms. The molecule has 1 aromatic heterocycles. The minimum atomic E-state index is -0.0734. The van der Waals surface area contributed by atoms with Gasteiger partial charge in [0.25, 0.3) is 0 Å². The summed E-state index contributed by atoms with van der Waals surface area (Å²) in [4.78, 5) is 21.6. The van der Waals surface area contributed by atoms with Crippen molar-refractivity contribution in [3.8, 4) is 0 Å². The molecule has 0 aliphatic carbocycles. The van der Waals surface area contributed by atoms with Gasteiger partial charge in [0.1, 0.15) is 0 Å². The van der Waals surface area contributed by atoms with Gasteiger partial charge in [-0.1, -0.05) is 12.1 Å². The number of benzene rings is 1. The van der Waals surface area contributed by atoms with Gasteiger partial charge in [-0.25, -0.2) is 4.98 Å². The second-order valence-electron chi connectivity index (χ2n) is 7.05. The fraction of sp³-hybridized carbons (Fsp3) is 0.579. The zero-order chi connectivity index (χ0) is 17.2. The van der Waals surface area contributed by atoms with Crippen LogP contribution in [0.2, 0.25) is 0 Å². The lowest BCUT2D eigenvalue weighted by Gasteiger charge is -2.39. The number of rotatable bonds is 3. The van der Waals surface area contributed by atoms with Crippen molar-refractivity contribution in [1.29, 1.82) is 0 Å². The number of hydrogen-bond donors (Lipinski definition) is 0. The number of para-hydroxylation sites is 2. The molecule has 25 heavy (non-hydrogen) atoms. The van der Waals surface area contributed by atoms with Crippen LogP contribution in [0.1, 0.15) is 25.8 Å². The van der Waals surface area contributed by atoms with E-state index < -0.39 is 0 Å². The summed E-state index contributed by atoms with van der Waals surface area (Å²) in [5, 5.41) is 0. The lowest BCUT2D eigenvalue weighted by atomic mass is 10.0. The van der Waals surface area contributed by atoms with E-state index in [-0.39, 0.29) is 11.9 Å². The van der Waals surface area contributed by atoms with Gasteiger partial charge in [-0.05, 0) is 38.4 Å². The lowest BCUT2D eigenvalue weighted by Crippen LogP contribution is -2.52. The third-order valence-electron chi connectivity index (χ3n) is 5.53. The number of ether oxygens (including phenoxy) is 1. The van der Waals surface area contributed by atoms with Gasteiger partial charge in [0.05, 0.1) is 36.6 Å². The molecule has 1 aromatic carbocycles. The first-order chi connectivity index (χ1) is 12.2. The van der Waals surface area contributed by atoms with Crippen LogP contribution in [0.15, 0.2) is 30.6 Å². The van der Waals surface area contributed by atoms with E-state index in [2.05, 4.69) is 32.7 Å². The Balaban J connectivity index is 1.48. The predicted octanol–water partition coefficient (Wildman–Crippen LogP) is 1.92. The quantitative estimate of drug-likeness (QED) is 0.855. The van der Waals surface area contributed by atoms with Gasteiger partial charge in [0, 0.05) is 25.7 Å². The first-order valence-electron chi connectivity index (χ1n) is 9.26. The summed E-state index contributed by atoms with van der Waals surface area (Å²) in [5.41, 5.74) is 2.22. The molecule has 0 saturated carbocycles. The molecular formula is C19H26N4O2. The highest BCUT2D eigenvalue weighted by atomic mass is 16.5. The molecule has 0 radical (unpaired) electrons. The van der Waals surface area contributed by atoms with Gasteiger partial charge < -0.3 is 14.2 Å². The molecular weight excluding hydrogens is 316 g/mol. The zero-order valence-corrected chi connectivity index (χ0v) is 14.8. The third kappa shape index (κ3) is 3.28. The molecule has 2 atom stereocenters. The van der Waals surface area contributed by atoms with Gasteiger partial charge in [-0.2, -0.15) is 0 Å². The van der Waals surface area contributed by atoms with Crippen LogP contribution in [-0.4, -0.2) is 70.7 Å². The third-order valence-corrected chi connectivity index (χ3v) is 5.53. The number of aromatic nitrogens is 2. The first kappa shape index (κ1) is 16.5. The summed E-state index contributed by atoms with van der Waals surface area (Å²) in [6.45, 7) is 6.67. The van der Waals surface area contributed by atoms with Crippen LogP contribution in [0, 0.1) is 0 Å². The number of carbonyl (C=O) groups is 1. The minimum Gasteiger partial charge on any atom is -0.378 e. The van der Waals surface area contributed by atoms with Crippen molar-refractivity contribution < 1.29 is 9.53 Å². The minimum absolute atomic E-state index is 0.0734. The number of hydrogen-bond acceptors (Lipinski definition) is 4. The second-order valence-corrected chi connectivity index (χ2v) is 7.05. The Morgan fingerprint density at radius 3 is 2.88 bits per heavy atom. The van der Waals surface area contributed by atoms with E-state index >= 15 is 0 Å². The van der Waals surface area contributed by atoms with Crippen LogP contribution in [0.25, 0.3) is 11.0 Å².